The van der Waals surface area contributed by atoms with Crippen LogP contribution in [0.5, 0.6) is 0 Å². The summed E-state index contributed by atoms with van der Waals surface area (Å²) in [5.74, 6) is 0. The standard InChI is InChI=1S/C8H13IO2/c1-6(9)5-8-7(10)3-2-4-11-8/h7-8,10H,1-5H2/t7-,8+/m0/s1. The first-order valence-corrected chi connectivity index (χ1v) is 4.91. The van der Waals surface area contributed by atoms with Crippen LogP contribution in [0.3, 0.4) is 0 Å². The van der Waals surface area contributed by atoms with Gasteiger partial charge in [0.1, 0.15) is 0 Å². The molecule has 0 aromatic carbocycles. The lowest BCUT2D eigenvalue weighted by Gasteiger charge is -2.27. The molecule has 2 atom stereocenters. The van der Waals surface area contributed by atoms with E-state index in [0.717, 1.165) is 29.4 Å². The predicted molar refractivity (Wildman–Crippen MR) is 52.8 cm³/mol. The highest BCUT2D eigenvalue weighted by molar-refractivity contribution is 14.1. The number of aliphatic hydroxyl groups excluding tert-OH is 1. The van der Waals surface area contributed by atoms with Crippen LogP contribution in [0.25, 0.3) is 0 Å². The lowest BCUT2D eigenvalue weighted by molar-refractivity contribution is -0.0715. The first-order valence-electron chi connectivity index (χ1n) is 3.83. The molecular weight excluding hydrogens is 255 g/mol. The van der Waals surface area contributed by atoms with Gasteiger partial charge in [0.25, 0.3) is 0 Å². The van der Waals surface area contributed by atoms with Gasteiger partial charge in [0, 0.05) is 13.0 Å². The first kappa shape index (κ1) is 9.48. The Hall–Kier alpha value is 0.390. The minimum Gasteiger partial charge on any atom is -0.390 e. The van der Waals surface area contributed by atoms with Gasteiger partial charge in [-0.2, -0.15) is 0 Å². The third-order valence-electron chi connectivity index (χ3n) is 1.83. The van der Waals surface area contributed by atoms with Crippen molar-refractivity contribution in [3.63, 3.8) is 0 Å². The van der Waals surface area contributed by atoms with Crippen molar-refractivity contribution < 1.29 is 9.84 Å². The first-order chi connectivity index (χ1) is 5.20. The van der Waals surface area contributed by atoms with E-state index in [-0.39, 0.29) is 12.2 Å². The maximum atomic E-state index is 9.45. The van der Waals surface area contributed by atoms with Gasteiger partial charge in [-0.05, 0) is 39.0 Å². The van der Waals surface area contributed by atoms with Crippen LogP contribution in [0.1, 0.15) is 19.3 Å². The van der Waals surface area contributed by atoms with Gasteiger partial charge in [-0.15, -0.1) is 0 Å². The zero-order valence-corrected chi connectivity index (χ0v) is 8.58. The molecule has 1 fully saturated rings. The molecule has 0 radical (unpaired) electrons. The fourth-order valence-corrected chi connectivity index (χ4v) is 1.67. The van der Waals surface area contributed by atoms with Crippen LogP contribution < -0.4 is 0 Å². The second kappa shape index (κ2) is 4.42. The third kappa shape index (κ3) is 3.09. The maximum Gasteiger partial charge on any atom is 0.0878 e. The van der Waals surface area contributed by atoms with Crippen molar-refractivity contribution >= 4 is 22.6 Å². The Labute approximate surface area is 80.8 Å². The Morgan fingerprint density at radius 3 is 3.00 bits per heavy atom. The number of ether oxygens (including phenoxy) is 1. The quantitative estimate of drug-likeness (QED) is 0.775. The molecule has 64 valence electrons. The molecule has 1 aliphatic rings. The van der Waals surface area contributed by atoms with E-state index in [9.17, 15) is 5.11 Å². The van der Waals surface area contributed by atoms with E-state index < -0.39 is 0 Å². The summed E-state index contributed by atoms with van der Waals surface area (Å²) in [7, 11) is 0. The van der Waals surface area contributed by atoms with Gasteiger partial charge in [0.15, 0.2) is 0 Å². The Bertz CT molecular complexity index is 147. The van der Waals surface area contributed by atoms with Gasteiger partial charge in [-0.1, -0.05) is 6.58 Å². The SMILES string of the molecule is C=C(I)C[C@H]1OCCC[C@@H]1O. The molecule has 1 heterocycles. The van der Waals surface area contributed by atoms with Gasteiger partial charge in [0.2, 0.25) is 0 Å². The van der Waals surface area contributed by atoms with Crippen molar-refractivity contribution in [2.75, 3.05) is 6.61 Å². The van der Waals surface area contributed by atoms with Crippen LogP contribution in [0, 0.1) is 0 Å². The normalized spacial score (nSPS) is 31.8. The maximum absolute atomic E-state index is 9.45. The summed E-state index contributed by atoms with van der Waals surface area (Å²) in [6.45, 7) is 4.56. The fraction of sp³-hybridized carbons (Fsp3) is 0.750. The Kier molecular flexibility index (Phi) is 3.81. The summed E-state index contributed by atoms with van der Waals surface area (Å²) in [4.78, 5) is 0. The molecule has 0 aromatic rings. The molecule has 0 saturated carbocycles. The van der Waals surface area contributed by atoms with Crippen molar-refractivity contribution in [2.24, 2.45) is 0 Å². The van der Waals surface area contributed by atoms with Gasteiger partial charge < -0.3 is 9.84 Å². The molecular formula is C8H13IO2. The highest BCUT2D eigenvalue weighted by atomic mass is 127. The zero-order valence-electron chi connectivity index (χ0n) is 6.42. The van der Waals surface area contributed by atoms with Gasteiger partial charge in [-0.25, -0.2) is 0 Å². The van der Waals surface area contributed by atoms with Crippen molar-refractivity contribution in [3.8, 4) is 0 Å². The van der Waals surface area contributed by atoms with E-state index in [1.807, 2.05) is 0 Å². The van der Waals surface area contributed by atoms with Crippen LogP contribution in [-0.4, -0.2) is 23.9 Å². The Morgan fingerprint density at radius 1 is 1.73 bits per heavy atom. The van der Waals surface area contributed by atoms with Crippen LogP contribution in [0.2, 0.25) is 0 Å². The Balaban J connectivity index is 2.35. The molecule has 0 bridgehead atoms. The summed E-state index contributed by atoms with van der Waals surface area (Å²) >= 11 is 2.17. The van der Waals surface area contributed by atoms with Crippen molar-refractivity contribution in [1.82, 2.24) is 0 Å². The smallest absolute Gasteiger partial charge is 0.0878 e. The van der Waals surface area contributed by atoms with Gasteiger partial charge >= 0.3 is 0 Å². The lowest BCUT2D eigenvalue weighted by Crippen LogP contribution is -2.33. The lowest BCUT2D eigenvalue weighted by atomic mass is 10.0. The van der Waals surface area contributed by atoms with E-state index >= 15 is 0 Å². The van der Waals surface area contributed by atoms with Crippen molar-refractivity contribution in [3.05, 3.63) is 10.2 Å². The zero-order chi connectivity index (χ0) is 8.27. The largest absolute Gasteiger partial charge is 0.390 e. The molecule has 1 aliphatic heterocycles. The molecule has 0 amide bonds. The van der Waals surface area contributed by atoms with Gasteiger partial charge in [0.05, 0.1) is 12.2 Å². The summed E-state index contributed by atoms with van der Waals surface area (Å²) in [6.07, 6.45) is 2.34. The molecule has 1 rings (SSSR count). The topological polar surface area (TPSA) is 29.5 Å². The highest BCUT2D eigenvalue weighted by Gasteiger charge is 2.23. The minimum atomic E-state index is -0.282. The second-order valence-electron chi connectivity index (χ2n) is 2.84. The molecule has 1 saturated heterocycles. The van der Waals surface area contributed by atoms with E-state index in [0.29, 0.717) is 0 Å². The summed E-state index contributed by atoms with van der Waals surface area (Å²) in [5, 5.41) is 9.45. The third-order valence-corrected chi connectivity index (χ3v) is 2.27. The number of hydrogen-bond donors (Lipinski definition) is 1. The predicted octanol–water partition coefficient (Wildman–Crippen LogP) is 1.87. The summed E-state index contributed by atoms with van der Waals surface area (Å²) in [5.41, 5.74) is 0. The summed E-state index contributed by atoms with van der Waals surface area (Å²) in [6, 6.07) is 0. The average Bonchev–Trinajstić information content (AvgIpc) is 1.93. The molecule has 3 heteroatoms. The van der Waals surface area contributed by atoms with Crippen LogP contribution in [0.4, 0.5) is 0 Å². The molecule has 0 spiro atoms. The monoisotopic (exact) mass is 268 g/mol. The minimum absolute atomic E-state index is 0.00634. The van der Waals surface area contributed by atoms with E-state index in [1.165, 1.54) is 0 Å². The molecule has 2 nitrogen and oxygen atoms in total. The van der Waals surface area contributed by atoms with E-state index in [4.69, 9.17) is 4.74 Å². The van der Waals surface area contributed by atoms with E-state index in [2.05, 4.69) is 29.2 Å². The molecule has 11 heavy (non-hydrogen) atoms. The number of hydrogen-bond acceptors (Lipinski definition) is 2. The van der Waals surface area contributed by atoms with Crippen LogP contribution in [-0.2, 0) is 4.74 Å². The Morgan fingerprint density at radius 2 is 2.45 bits per heavy atom. The van der Waals surface area contributed by atoms with Crippen molar-refractivity contribution in [2.45, 2.75) is 31.5 Å². The second-order valence-corrected chi connectivity index (χ2v) is 4.37. The van der Waals surface area contributed by atoms with E-state index in [1.54, 1.807) is 0 Å². The highest BCUT2D eigenvalue weighted by Crippen LogP contribution is 2.21. The summed E-state index contributed by atoms with van der Waals surface area (Å²) < 4.78 is 6.43. The number of aliphatic hydroxyl groups is 1. The van der Waals surface area contributed by atoms with Crippen LogP contribution >= 0.6 is 22.6 Å². The molecule has 0 aliphatic carbocycles. The molecule has 1 N–H and O–H groups in total. The average molecular weight is 268 g/mol. The van der Waals surface area contributed by atoms with Crippen LogP contribution in [0.15, 0.2) is 10.2 Å². The fourth-order valence-electron chi connectivity index (χ4n) is 1.24. The van der Waals surface area contributed by atoms with Crippen molar-refractivity contribution in [1.29, 1.82) is 0 Å². The van der Waals surface area contributed by atoms with Gasteiger partial charge in [-0.3, -0.25) is 0 Å². The molecule has 0 unspecified atom stereocenters. The number of rotatable bonds is 2. The molecule has 0 aromatic heterocycles. The number of halogens is 1.